The molecule has 0 fully saturated rings. The summed E-state index contributed by atoms with van der Waals surface area (Å²) in [5.41, 5.74) is 10.4. The maximum atomic E-state index is 11.9. The Labute approximate surface area is 136 Å². The Bertz CT molecular complexity index is 1070. The molecule has 4 rings (SSSR count). The van der Waals surface area contributed by atoms with Crippen molar-refractivity contribution in [3.05, 3.63) is 42.2 Å². The number of rotatable bonds is 3. The molecule has 1 aliphatic rings. The van der Waals surface area contributed by atoms with Gasteiger partial charge in [0.05, 0.1) is 17.3 Å². The van der Waals surface area contributed by atoms with Crippen molar-refractivity contribution in [3.63, 3.8) is 0 Å². The molecule has 122 valence electrons. The van der Waals surface area contributed by atoms with Gasteiger partial charge in [0.25, 0.3) is 10.0 Å². The zero-order valence-corrected chi connectivity index (χ0v) is 12.9. The molecule has 0 radical (unpaired) electrons. The van der Waals surface area contributed by atoms with Gasteiger partial charge in [-0.25, -0.2) is 24.1 Å². The number of hydrazone groups is 1. The molecular formula is C13H12N8O2S. The molecule has 0 bridgehead atoms. The van der Waals surface area contributed by atoms with E-state index < -0.39 is 10.0 Å². The van der Waals surface area contributed by atoms with Crippen LogP contribution < -0.4 is 21.6 Å². The molecule has 0 saturated heterocycles. The maximum absolute atomic E-state index is 11.9. The van der Waals surface area contributed by atoms with Gasteiger partial charge in [0.1, 0.15) is 0 Å². The first kappa shape index (κ1) is 14.6. The average molecular weight is 344 g/mol. The molecule has 1 aromatic carbocycles. The second-order valence-corrected chi connectivity index (χ2v) is 6.55. The van der Waals surface area contributed by atoms with Crippen LogP contribution >= 0.6 is 0 Å². The van der Waals surface area contributed by atoms with E-state index in [2.05, 4.69) is 36.8 Å². The van der Waals surface area contributed by atoms with Gasteiger partial charge in [-0.2, -0.15) is 5.10 Å². The summed E-state index contributed by atoms with van der Waals surface area (Å²) in [7, 11) is -4.04. The number of hydrogen-bond acceptors (Lipinski definition) is 8. The van der Waals surface area contributed by atoms with Crippen LogP contribution in [0, 0.1) is 0 Å². The summed E-state index contributed by atoms with van der Waals surface area (Å²) in [5, 5.41) is 16.8. The highest BCUT2D eigenvalue weighted by atomic mass is 32.2. The number of benzene rings is 1. The third kappa shape index (κ3) is 2.36. The highest BCUT2D eigenvalue weighted by molar-refractivity contribution is 7.89. The number of H-pyrrole nitrogens is 1. The van der Waals surface area contributed by atoms with Gasteiger partial charge in [0.2, 0.25) is 0 Å². The molecule has 0 saturated carbocycles. The molecule has 0 amide bonds. The summed E-state index contributed by atoms with van der Waals surface area (Å²) in [5.74, 6) is 0.273. The van der Waals surface area contributed by atoms with E-state index >= 15 is 0 Å². The van der Waals surface area contributed by atoms with Crippen LogP contribution in [0.15, 0.2) is 46.8 Å². The third-order valence-electron chi connectivity index (χ3n) is 3.58. The molecule has 0 atom stereocenters. The van der Waals surface area contributed by atoms with Crippen LogP contribution in [0.1, 0.15) is 5.56 Å². The molecule has 3 heterocycles. The molecule has 0 spiro atoms. The fraction of sp³-hybridized carbons (Fsp3) is 0. The molecule has 3 aromatic rings. The van der Waals surface area contributed by atoms with Crippen molar-refractivity contribution in [3.8, 4) is 11.1 Å². The van der Waals surface area contributed by atoms with Crippen molar-refractivity contribution in [2.75, 3.05) is 0 Å². The Kier molecular flexibility index (Phi) is 3.19. The van der Waals surface area contributed by atoms with Gasteiger partial charge in [0.15, 0.2) is 10.9 Å². The normalized spacial score (nSPS) is 14.3. The number of aromatic nitrogens is 3. The van der Waals surface area contributed by atoms with Crippen molar-refractivity contribution < 1.29 is 8.42 Å². The Morgan fingerprint density at radius 1 is 1.17 bits per heavy atom. The van der Waals surface area contributed by atoms with E-state index in [0.29, 0.717) is 5.56 Å². The predicted octanol–water partition coefficient (Wildman–Crippen LogP) is -0.454. The zero-order valence-electron chi connectivity index (χ0n) is 12.1. The van der Waals surface area contributed by atoms with E-state index in [0.717, 1.165) is 16.5 Å². The van der Waals surface area contributed by atoms with E-state index in [1.807, 2.05) is 18.2 Å². The number of hydrogen-bond donors (Lipinski definition) is 5. The van der Waals surface area contributed by atoms with Crippen LogP contribution in [0.3, 0.4) is 0 Å². The van der Waals surface area contributed by atoms with Gasteiger partial charge in [-0.1, -0.05) is 6.07 Å². The number of amidine groups is 1. The van der Waals surface area contributed by atoms with Gasteiger partial charge < -0.3 is 0 Å². The topological polar surface area (TPSA) is 150 Å². The molecule has 11 heteroatoms. The van der Waals surface area contributed by atoms with E-state index in [1.54, 1.807) is 12.3 Å². The van der Waals surface area contributed by atoms with Gasteiger partial charge in [-0.3, -0.25) is 10.5 Å². The predicted molar refractivity (Wildman–Crippen MR) is 86.6 cm³/mol. The lowest BCUT2D eigenvalue weighted by atomic mass is 10.00. The van der Waals surface area contributed by atoms with Crippen LogP contribution in [0.2, 0.25) is 0 Å². The highest BCUT2D eigenvalue weighted by Crippen LogP contribution is 2.29. The number of nitrogens with zero attached hydrogens (tertiary/aromatic N) is 3. The number of nitrogens with one attached hydrogen (secondary N) is 4. The smallest absolute Gasteiger partial charge is 0.256 e. The maximum Gasteiger partial charge on any atom is 0.256 e. The summed E-state index contributed by atoms with van der Waals surface area (Å²) in [4.78, 5) is 3.93. The number of hydrazine groups is 2. The van der Waals surface area contributed by atoms with Crippen molar-refractivity contribution in [2.45, 2.75) is 5.03 Å². The fourth-order valence-corrected chi connectivity index (χ4v) is 3.25. The molecule has 2 aromatic heterocycles. The van der Waals surface area contributed by atoms with Crippen LogP contribution in [0.4, 0.5) is 0 Å². The molecule has 10 nitrogen and oxygen atoms in total. The van der Waals surface area contributed by atoms with Crippen molar-refractivity contribution in [2.24, 2.45) is 10.2 Å². The van der Waals surface area contributed by atoms with E-state index in [-0.39, 0.29) is 16.4 Å². The SMILES string of the molecule is NS(=O)(=O)c1nccc(-c2ccc3[nH]ncc3c2)c1C1=NNNN1. The molecular weight excluding hydrogens is 332 g/mol. The van der Waals surface area contributed by atoms with Crippen LogP contribution in [-0.4, -0.2) is 29.4 Å². The van der Waals surface area contributed by atoms with Crippen molar-refractivity contribution >= 4 is 26.8 Å². The molecule has 24 heavy (non-hydrogen) atoms. The first-order chi connectivity index (χ1) is 11.5. The quantitative estimate of drug-likeness (QED) is 0.431. The lowest BCUT2D eigenvalue weighted by Crippen LogP contribution is -2.36. The van der Waals surface area contributed by atoms with Crippen molar-refractivity contribution in [1.82, 2.24) is 31.7 Å². The first-order valence-corrected chi connectivity index (χ1v) is 8.38. The number of nitrogens with two attached hydrogens (primary N) is 1. The second-order valence-electron chi connectivity index (χ2n) is 5.08. The van der Waals surface area contributed by atoms with Gasteiger partial charge in [-0.15, -0.1) is 10.6 Å². The van der Waals surface area contributed by atoms with Crippen LogP contribution in [0.25, 0.3) is 22.0 Å². The number of fused-ring (bicyclic) bond motifs is 1. The Balaban J connectivity index is 2.00. The van der Waals surface area contributed by atoms with Crippen LogP contribution in [-0.2, 0) is 10.0 Å². The Morgan fingerprint density at radius 3 is 2.79 bits per heavy atom. The average Bonchev–Trinajstić information content (AvgIpc) is 3.24. The van der Waals surface area contributed by atoms with E-state index in [4.69, 9.17) is 5.14 Å². The second kappa shape index (κ2) is 5.26. The standard InChI is InChI=1S/C13H12N8O2S/c14-24(22,23)13-11(12-18-20-21-19-12)9(3-4-15-13)7-1-2-10-8(5-7)6-16-17-10/h1-6,20-21H,(H,16,17)(H,18,19)(H2,14,22,23). The lowest BCUT2D eigenvalue weighted by molar-refractivity contribution is 0.577. The summed E-state index contributed by atoms with van der Waals surface area (Å²) >= 11 is 0. The van der Waals surface area contributed by atoms with Crippen molar-refractivity contribution in [1.29, 1.82) is 0 Å². The molecule has 6 N–H and O–H groups in total. The van der Waals surface area contributed by atoms with Gasteiger partial charge >= 0.3 is 0 Å². The minimum Gasteiger partial charge on any atom is -0.285 e. The van der Waals surface area contributed by atoms with Crippen LogP contribution in [0.5, 0.6) is 0 Å². The summed E-state index contributed by atoms with van der Waals surface area (Å²) < 4.78 is 23.9. The van der Waals surface area contributed by atoms with E-state index in [9.17, 15) is 8.42 Å². The minimum atomic E-state index is -4.04. The minimum absolute atomic E-state index is 0.260. The Morgan fingerprint density at radius 2 is 2.04 bits per heavy atom. The number of sulfonamides is 1. The van der Waals surface area contributed by atoms with Gasteiger partial charge in [-0.05, 0) is 29.3 Å². The third-order valence-corrected chi connectivity index (χ3v) is 4.43. The lowest BCUT2D eigenvalue weighted by Gasteiger charge is -2.12. The molecule has 0 unspecified atom stereocenters. The number of primary sulfonamides is 1. The number of pyridine rings is 1. The summed E-state index contributed by atoms with van der Waals surface area (Å²) in [6, 6.07) is 7.30. The van der Waals surface area contributed by atoms with Gasteiger partial charge in [0, 0.05) is 11.6 Å². The molecule has 0 aliphatic carbocycles. The zero-order chi connectivity index (χ0) is 16.7. The highest BCUT2D eigenvalue weighted by Gasteiger charge is 2.25. The fourth-order valence-electron chi connectivity index (χ4n) is 2.56. The Hall–Kier alpha value is -3.02. The van der Waals surface area contributed by atoms with E-state index in [1.165, 1.54) is 6.20 Å². The molecule has 1 aliphatic heterocycles. The number of aromatic amines is 1. The summed E-state index contributed by atoms with van der Waals surface area (Å²) in [6.07, 6.45) is 3.09. The largest absolute Gasteiger partial charge is 0.285 e. The monoisotopic (exact) mass is 344 g/mol. The first-order valence-electron chi connectivity index (χ1n) is 6.83. The summed E-state index contributed by atoms with van der Waals surface area (Å²) in [6.45, 7) is 0.